The lowest BCUT2D eigenvalue weighted by Gasteiger charge is -2.06. The Balaban J connectivity index is 0.00000180. The van der Waals surface area contributed by atoms with Gasteiger partial charge in [-0.2, -0.15) is 0 Å². The van der Waals surface area contributed by atoms with E-state index in [0.717, 1.165) is 15.0 Å². The SMILES string of the molecule is CO/N=C(/N)c1cc2cc(OC)c(OC)cc2s1.Cl. The van der Waals surface area contributed by atoms with Crippen molar-refractivity contribution in [1.82, 2.24) is 0 Å². The first-order valence-corrected chi connectivity index (χ1v) is 6.03. The quantitative estimate of drug-likeness (QED) is 0.535. The molecule has 2 rings (SSSR count). The van der Waals surface area contributed by atoms with Crippen LogP contribution in [0.3, 0.4) is 0 Å². The van der Waals surface area contributed by atoms with Crippen LogP contribution in [0.4, 0.5) is 0 Å². The maximum absolute atomic E-state index is 5.78. The monoisotopic (exact) mass is 302 g/mol. The standard InChI is InChI=1S/C12H14N2O3S.ClH/c1-15-8-4-7-5-11(12(13)14-17-3)18-10(7)6-9(8)16-2;/h4-6H,1-3H3,(H2,13,14);1H. The summed E-state index contributed by atoms with van der Waals surface area (Å²) in [7, 11) is 4.68. The van der Waals surface area contributed by atoms with Gasteiger partial charge in [-0.1, -0.05) is 5.16 Å². The van der Waals surface area contributed by atoms with E-state index in [2.05, 4.69) is 9.99 Å². The van der Waals surface area contributed by atoms with Gasteiger partial charge in [-0.05, 0) is 17.5 Å². The number of amidine groups is 1. The first kappa shape index (κ1) is 15.4. The summed E-state index contributed by atoms with van der Waals surface area (Å²) in [4.78, 5) is 5.51. The summed E-state index contributed by atoms with van der Waals surface area (Å²) in [5.74, 6) is 1.74. The molecule has 0 atom stereocenters. The van der Waals surface area contributed by atoms with Crippen LogP contribution in [0.25, 0.3) is 10.1 Å². The number of methoxy groups -OCH3 is 2. The number of rotatable bonds is 4. The van der Waals surface area contributed by atoms with Crippen LogP contribution in [0.1, 0.15) is 4.88 Å². The van der Waals surface area contributed by atoms with Crippen LogP contribution in [-0.2, 0) is 4.84 Å². The van der Waals surface area contributed by atoms with E-state index in [4.69, 9.17) is 15.2 Å². The van der Waals surface area contributed by atoms with Crippen molar-refractivity contribution in [2.24, 2.45) is 10.9 Å². The molecule has 19 heavy (non-hydrogen) atoms. The number of halogens is 1. The fraction of sp³-hybridized carbons (Fsp3) is 0.250. The van der Waals surface area contributed by atoms with Crippen LogP contribution in [0.5, 0.6) is 11.5 Å². The highest BCUT2D eigenvalue weighted by atomic mass is 35.5. The Bertz CT molecular complexity index is 557. The van der Waals surface area contributed by atoms with Crippen molar-refractivity contribution in [3.63, 3.8) is 0 Å². The summed E-state index contributed by atoms with van der Waals surface area (Å²) in [6.45, 7) is 0. The molecule has 1 aromatic carbocycles. The lowest BCUT2D eigenvalue weighted by Crippen LogP contribution is -2.11. The summed E-state index contributed by atoms with van der Waals surface area (Å²) in [5, 5.41) is 4.75. The highest BCUT2D eigenvalue weighted by Crippen LogP contribution is 2.36. The summed E-state index contributed by atoms with van der Waals surface area (Å²) in [6.07, 6.45) is 0. The number of fused-ring (bicyclic) bond motifs is 1. The van der Waals surface area contributed by atoms with Gasteiger partial charge in [0.2, 0.25) is 0 Å². The number of thiophene rings is 1. The van der Waals surface area contributed by atoms with Gasteiger partial charge in [0.25, 0.3) is 0 Å². The molecular formula is C12H15ClN2O3S. The van der Waals surface area contributed by atoms with Crippen LogP contribution in [0, 0.1) is 0 Å². The van der Waals surface area contributed by atoms with Gasteiger partial charge in [-0.25, -0.2) is 0 Å². The van der Waals surface area contributed by atoms with E-state index in [-0.39, 0.29) is 12.4 Å². The molecule has 0 aliphatic rings. The van der Waals surface area contributed by atoms with Gasteiger partial charge in [-0.3, -0.25) is 0 Å². The van der Waals surface area contributed by atoms with Crippen LogP contribution in [-0.4, -0.2) is 27.2 Å². The molecule has 0 amide bonds. The zero-order valence-corrected chi connectivity index (χ0v) is 12.4. The zero-order chi connectivity index (χ0) is 13.1. The van der Waals surface area contributed by atoms with Crippen LogP contribution in [0.2, 0.25) is 0 Å². The topological polar surface area (TPSA) is 66.1 Å². The fourth-order valence-electron chi connectivity index (χ4n) is 1.64. The fourth-order valence-corrected chi connectivity index (χ4v) is 2.60. The molecule has 0 aliphatic heterocycles. The minimum atomic E-state index is 0. The lowest BCUT2D eigenvalue weighted by molar-refractivity contribution is 0.213. The zero-order valence-electron chi connectivity index (χ0n) is 10.8. The predicted molar refractivity (Wildman–Crippen MR) is 79.9 cm³/mol. The van der Waals surface area contributed by atoms with Crippen LogP contribution < -0.4 is 15.2 Å². The molecule has 0 saturated heterocycles. The van der Waals surface area contributed by atoms with E-state index in [1.807, 2.05) is 18.2 Å². The second-order valence-electron chi connectivity index (χ2n) is 3.51. The molecule has 0 unspecified atom stereocenters. The highest BCUT2D eigenvalue weighted by molar-refractivity contribution is 7.20. The largest absolute Gasteiger partial charge is 0.493 e. The average Bonchev–Trinajstić information content (AvgIpc) is 2.80. The normalized spacial score (nSPS) is 11.0. The number of nitrogens with zero attached hydrogens (tertiary/aromatic N) is 1. The second-order valence-corrected chi connectivity index (χ2v) is 4.60. The van der Waals surface area contributed by atoms with Gasteiger partial charge in [0.1, 0.15) is 7.11 Å². The van der Waals surface area contributed by atoms with Crippen molar-refractivity contribution in [2.45, 2.75) is 0 Å². The number of oxime groups is 1. The molecule has 0 bridgehead atoms. The molecule has 0 radical (unpaired) electrons. The summed E-state index contributed by atoms with van der Waals surface area (Å²) in [6, 6.07) is 5.77. The Hall–Kier alpha value is -1.66. The van der Waals surface area contributed by atoms with E-state index < -0.39 is 0 Å². The molecular weight excluding hydrogens is 288 g/mol. The number of ether oxygens (including phenoxy) is 2. The van der Waals surface area contributed by atoms with Gasteiger partial charge in [0, 0.05) is 10.8 Å². The molecule has 5 nitrogen and oxygen atoms in total. The Kier molecular flexibility index (Phi) is 5.26. The van der Waals surface area contributed by atoms with Crippen molar-refractivity contribution in [3.8, 4) is 11.5 Å². The van der Waals surface area contributed by atoms with E-state index in [1.54, 1.807) is 14.2 Å². The van der Waals surface area contributed by atoms with E-state index >= 15 is 0 Å². The molecule has 0 aliphatic carbocycles. The van der Waals surface area contributed by atoms with E-state index in [9.17, 15) is 0 Å². The minimum Gasteiger partial charge on any atom is -0.493 e. The van der Waals surface area contributed by atoms with Gasteiger partial charge in [-0.15, -0.1) is 23.7 Å². The number of hydrogen-bond acceptors (Lipinski definition) is 5. The Labute approximate surface area is 121 Å². The molecule has 1 aromatic heterocycles. The molecule has 0 saturated carbocycles. The summed E-state index contributed by atoms with van der Waals surface area (Å²) < 4.78 is 11.6. The molecule has 0 fully saturated rings. The van der Waals surface area contributed by atoms with Crippen molar-refractivity contribution < 1.29 is 14.3 Å². The Morgan fingerprint density at radius 3 is 2.32 bits per heavy atom. The number of nitrogens with two attached hydrogens (primary N) is 1. The Morgan fingerprint density at radius 2 is 1.74 bits per heavy atom. The third-order valence-electron chi connectivity index (χ3n) is 2.46. The van der Waals surface area contributed by atoms with Gasteiger partial charge >= 0.3 is 0 Å². The smallest absolute Gasteiger partial charge is 0.180 e. The van der Waals surface area contributed by atoms with Crippen molar-refractivity contribution in [3.05, 3.63) is 23.1 Å². The molecule has 1 heterocycles. The van der Waals surface area contributed by atoms with Crippen molar-refractivity contribution >= 4 is 39.7 Å². The predicted octanol–water partition coefficient (Wildman–Crippen LogP) is 2.61. The third kappa shape index (κ3) is 3.02. The van der Waals surface area contributed by atoms with Crippen LogP contribution >= 0.6 is 23.7 Å². The average molecular weight is 303 g/mol. The molecule has 104 valence electrons. The first-order chi connectivity index (χ1) is 8.69. The van der Waals surface area contributed by atoms with Crippen molar-refractivity contribution in [1.29, 1.82) is 0 Å². The molecule has 2 aromatic rings. The Morgan fingerprint density at radius 1 is 1.11 bits per heavy atom. The molecule has 7 heteroatoms. The third-order valence-corrected chi connectivity index (χ3v) is 3.58. The summed E-state index contributed by atoms with van der Waals surface area (Å²) >= 11 is 1.52. The molecule has 0 spiro atoms. The van der Waals surface area contributed by atoms with E-state index in [0.29, 0.717) is 17.3 Å². The maximum atomic E-state index is 5.78. The first-order valence-electron chi connectivity index (χ1n) is 5.22. The lowest BCUT2D eigenvalue weighted by atomic mass is 10.2. The van der Waals surface area contributed by atoms with Crippen LogP contribution in [0.15, 0.2) is 23.4 Å². The second kappa shape index (κ2) is 6.49. The van der Waals surface area contributed by atoms with Crippen molar-refractivity contribution in [2.75, 3.05) is 21.3 Å². The van der Waals surface area contributed by atoms with Gasteiger partial charge < -0.3 is 20.0 Å². The number of benzene rings is 1. The summed E-state index contributed by atoms with van der Waals surface area (Å²) in [5.41, 5.74) is 5.78. The minimum absolute atomic E-state index is 0. The maximum Gasteiger partial charge on any atom is 0.180 e. The van der Waals surface area contributed by atoms with Gasteiger partial charge in [0.05, 0.1) is 19.1 Å². The number of hydrogen-bond donors (Lipinski definition) is 1. The van der Waals surface area contributed by atoms with E-state index in [1.165, 1.54) is 18.4 Å². The van der Waals surface area contributed by atoms with Gasteiger partial charge in [0.15, 0.2) is 17.3 Å². The molecule has 2 N–H and O–H groups in total. The highest BCUT2D eigenvalue weighted by Gasteiger charge is 2.11.